The number of rotatable bonds is 5. The Morgan fingerprint density at radius 1 is 0.667 bits per heavy atom. The Kier molecular flexibility index (Phi) is 4.31. The highest BCUT2D eigenvalue weighted by molar-refractivity contribution is 7.87. The lowest BCUT2D eigenvalue weighted by Crippen LogP contribution is -2.09. The lowest BCUT2D eigenvalue weighted by atomic mass is 10.1. The van der Waals surface area contributed by atoms with Gasteiger partial charge in [-0.15, -0.1) is 0 Å². The number of hydrogen-bond donors (Lipinski definition) is 0. The Morgan fingerprint density at radius 2 is 1.21 bits per heavy atom. The first kappa shape index (κ1) is 16.1. The van der Waals surface area contributed by atoms with Crippen molar-refractivity contribution in [3.8, 4) is 17.2 Å². The van der Waals surface area contributed by atoms with Crippen molar-refractivity contribution >= 4 is 20.9 Å². The Bertz CT molecular complexity index is 962. The molecule has 24 heavy (non-hydrogen) atoms. The van der Waals surface area contributed by atoms with E-state index in [2.05, 4.69) is 0 Å². The molecule has 0 saturated carbocycles. The molecule has 0 aliphatic heterocycles. The van der Waals surface area contributed by atoms with Gasteiger partial charge >= 0.3 is 10.1 Å². The van der Waals surface area contributed by atoms with Gasteiger partial charge in [0.05, 0.1) is 14.2 Å². The van der Waals surface area contributed by atoms with Gasteiger partial charge in [-0.2, -0.15) is 8.42 Å². The Morgan fingerprint density at radius 3 is 1.88 bits per heavy atom. The first-order valence-electron chi connectivity index (χ1n) is 7.18. The molecule has 5 nitrogen and oxygen atoms in total. The van der Waals surface area contributed by atoms with Crippen molar-refractivity contribution in [1.29, 1.82) is 0 Å². The van der Waals surface area contributed by atoms with Crippen LogP contribution in [-0.2, 0) is 10.1 Å². The smallest absolute Gasteiger partial charge is 0.339 e. The van der Waals surface area contributed by atoms with Gasteiger partial charge in [-0.25, -0.2) is 0 Å². The third-order valence-electron chi connectivity index (χ3n) is 3.57. The highest BCUT2D eigenvalue weighted by Gasteiger charge is 2.17. The summed E-state index contributed by atoms with van der Waals surface area (Å²) in [6, 6.07) is 16.6. The van der Waals surface area contributed by atoms with Crippen molar-refractivity contribution in [2.75, 3.05) is 14.2 Å². The summed E-state index contributed by atoms with van der Waals surface area (Å²) in [5, 5.41) is 1.67. The molecule has 0 aliphatic rings. The summed E-state index contributed by atoms with van der Waals surface area (Å²) < 4.78 is 40.3. The molecular weight excluding hydrogens is 328 g/mol. The third-order valence-corrected chi connectivity index (χ3v) is 4.82. The molecule has 0 N–H and O–H groups in total. The van der Waals surface area contributed by atoms with Crippen LogP contribution in [0.2, 0.25) is 0 Å². The van der Waals surface area contributed by atoms with E-state index in [4.69, 9.17) is 13.7 Å². The van der Waals surface area contributed by atoms with E-state index in [-0.39, 0.29) is 10.6 Å². The van der Waals surface area contributed by atoms with Gasteiger partial charge in [-0.05, 0) is 59.3 Å². The molecule has 0 fully saturated rings. The lowest BCUT2D eigenvalue weighted by Gasteiger charge is -2.09. The van der Waals surface area contributed by atoms with Gasteiger partial charge in [0.1, 0.15) is 22.1 Å². The summed E-state index contributed by atoms with van der Waals surface area (Å²) in [6.07, 6.45) is 0. The maximum atomic E-state index is 12.4. The number of benzene rings is 3. The van der Waals surface area contributed by atoms with E-state index in [1.807, 2.05) is 6.07 Å². The highest BCUT2D eigenvalue weighted by Crippen LogP contribution is 2.26. The number of ether oxygens (including phenoxy) is 2. The minimum Gasteiger partial charge on any atom is -0.497 e. The van der Waals surface area contributed by atoms with Gasteiger partial charge in [0, 0.05) is 0 Å². The first-order chi connectivity index (χ1) is 11.5. The van der Waals surface area contributed by atoms with Gasteiger partial charge < -0.3 is 13.7 Å². The molecule has 0 heterocycles. The van der Waals surface area contributed by atoms with Crippen molar-refractivity contribution in [3.05, 3.63) is 60.7 Å². The molecule has 3 aromatic carbocycles. The van der Waals surface area contributed by atoms with E-state index in [0.29, 0.717) is 11.5 Å². The summed E-state index contributed by atoms with van der Waals surface area (Å²) >= 11 is 0. The molecule has 0 bridgehead atoms. The van der Waals surface area contributed by atoms with Gasteiger partial charge in [0.25, 0.3) is 0 Å². The van der Waals surface area contributed by atoms with Gasteiger partial charge in [-0.1, -0.05) is 12.1 Å². The average molecular weight is 344 g/mol. The summed E-state index contributed by atoms with van der Waals surface area (Å²) in [5.74, 6) is 1.57. The minimum absolute atomic E-state index is 0.0935. The molecule has 0 aromatic heterocycles. The maximum absolute atomic E-state index is 12.4. The summed E-state index contributed by atoms with van der Waals surface area (Å²) in [4.78, 5) is 0.0935. The second-order valence-electron chi connectivity index (χ2n) is 5.09. The predicted molar refractivity (Wildman–Crippen MR) is 91.3 cm³/mol. The second-order valence-corrected chi connectivity index (χ2v) is 6.63. The maximum Gasteiger partial charge on any atom is 0.339 e. The van der Waals surface area contributed by atoms with Crippen molar-refractivity contribution in [2.24, 2.45) is 0 Å². The molecule has 124 valence electrons. The fourth-order valence-electron chi connectivity index (χ4n) is 2.29. The zero-order valence-corrected chi connectivity index (χ0v) is 14.0. The van der Waals surface area contributed by atoms with E-state index in [1.54, 1.807) is 55.6 Å². The first-order valence-corrected chi connectivity index (χ1v) is 8.59. The lowest BCUT2D eigenvalue weighted by molar-refractivity contribution is 0.413. The predicted octanol–water partition coefficient (Wildman–Crippen LogP) is 3.62. The molecule has 0 amide bonds. The zero-order chi connectivity index (χ0) is 17.2. The Hall–Kier alpha value is -2.73. The molecule has 6 heteroatoms. The minimum atomic E-state index is -3.91. The number of methoxy groups -OCH3 is 2. The average Bonchev–Trinajstić information content (AvgIpc) is 2.61. The van der Waals surface area contributed by atoms with Crippen LogP contribution in [-0.4, -0.2) is 22.6 Å². The van der Waals surface area contributed by atoms with Gasteiger partial charge in [0.15, 0.2) is 0 Å². The van der Waals surface area contributed by atoms with Crippen LogP contribution < -0.4 is 13.7 Å². The van der Waals surface area contributed by atoms with Gasteiger partial charge in [0.2, 0.25) is 0 Å². The fraction of sp³-hybridized carbons (Fsp3) is 0.111. The number of fused-ring (bicyclic) bond motifs is 1. The van der Waals surface area contributed by atoms with Gasteiger partial charge in [-0.3, -0.25) is 0 Å². The molecule has 3 rings (SSSR count). The van der Waals surface area contributed by atoms with E-state index < -0.39 is 10.1 Å². The van der Waals surface area contributed by atoms with Crippen LogP contribution in [0.3, 0.4) is 0 Å². The molecule has 0 unspecified atom stereocenters. The van der Waals surface area contributed by atoms with E-state index >= 15 is 0 Å². The quantitative estimate of drug-likeness (QED) is 0.662. The topological polar surface area (TPSA) is 61.8 Å². The van der Waals surface area contributed by atoms with Crippen LogP contribution in [0.5, 0.6) is 17.2 Å². The fourth-order valence-corrected chi connectivity index (χ4v) is 3.26. The molecule has 3 aromatic rings. The molecule has 0 atom stereocenters. The Balaban J connectivity index is 1.92. The zero-order valence-electron chi connectivity index (χ0n) is 13.2. The summed E-state index contributed by atoms with van der Waals surface area (Å²) in [6.45, 7) is 0. The van der Waals surface area contributed by atoms with E-state index in [0.717, 1.165) is 10.8 Å². The van der Waals surface area contributed by atoms with Crippen LogP contribution in [0, 0.1) is 0 Å². The van der Waals surface area contributed by atoms with E-state index in [1.165, 1.54) is 13.2 Å². The summed E-state index contributed by atoms with van der Waals surface area (Å²) in [7, 11) is -0.788. The molecule has 0 aliphatic carbocycles. The van der Waals surface area contributed by atoms with Crippen LogP contribution in [0.15, 0.2) is 65.6 Å². The van der Waals surface area contributed by atoms with Crippen LogP contribution in [0.25, 0.3) is 10.8 Å². The molecule has 0 spiro atoms. The normalized spacial score (nSPS) is 11.2. The van der Waals surface area contributed by atoms with E-state index in [9.17, 15) is 8.42 Å². The van der Waals surface area contributed by atoms with Crippen molar-refractivity contribution in [1.82, 2.24) is 0 Å². The SMILES string of the molecule is COc1ccc(OS(=O)(=O)c2ccc3cc(OC)ccc3c2)cc1. The largest absolute Gasteiger partial charge is 0.497 e. The second kappa shape index (κ2) is 6.41. The number of hydrogen-bond acceptors (Lipinski definition) is 5. The Labute approximate surface area is 140 Å². The third kappa shape index (κ3) is 3.28. The standard InChI is InChI=1S/C18H16O5S/c1-21-15-6-8-16(9-7-15)23-24(19,20)18-10-4-13-11-17(22-2)5-3-14(13)12-18/h3-12H,1-2H3. The molecular formula is C18H16O5S. The summed E-state index contributed by atoms with van der Waals surface area (Å²) in [5.41, 5.74) is 0. The highest BCUT2D eigenvalue weighted by atomic mass is 32.2. The monoisotopic (exact) mass is 344 g/mol. The van der Waals surface area contributed by atoms with Crippen molar-refractivity contribution in [3.63, 3.8) is 0 Å². The molecule has 0 radical (unpaired) electrons. The van der Waals surface area contributed by atoms with Crippen molar-refractivity contribution in [2.45, 2.75) is 4.90 Å². The molecule has 0 saturated heterocycles. The van der Waals surface area contributed by atoms with Crippen molar-refractivity contribution < 1.29 is 22.1 Å². The van der Waals surface area contributed by atoms with Crippen LogP contribution in [0.4, 0.5) is 0 Å². The van der Waals surface area contributed by atoms with Crippen LogP contribution >= 0.6 is 0 Å². The van der Waals surface area contributed by atoms with Crippen LogP contribution in [0.1, 0.15) is 0 Å².